The number of carbonyl (C=O) groups excluding carboxylic acids is 4. The molecule has 0 unspecified atom stereocenters. The highest BCUT2D eigenvalue weighted by Crippen LogP contribution is 2.48. The number of allylic oxidation sites excluding steroid dienone is 1. The molecule has 1 saturated heterocycles. The summed E-state index contributed by atoms with van der Waals surface area (Å²) in [6.07, 6.45) is 5.00. The van der Waals surface area contributed by atoms with Crippen molar-refractivity contribution in [1.82, 2.24) is 20.4 Å². The van der Waals surface area contributed by atoms with E-state index in [2.05, 4.69) is 16.0 Å². The minimum absolute atomic E-state index is 0.0334. The van der Waals surface area contributed by atoms with Crippen LogP contribution in [-0.2, 0) is 32.0 Å². The molecule has 2 atom stereocenters. The maximum absolute atomic E-state index is 14.2. The third-order valence-corrected chi connectivity index (χ3v) is 8.77. The molecule has 1 spiro atoms. The van der Waals surface area contributed by atoms with Crippen LogP contribution in [0.2, 0.25) is 0 Å². The highest BCUT2D eigenvalue weighted by molar-refractivity contribution is 5.98. The molecule has 3 N–H and O–H groups in total. The lowest BCUT2D eigenvalue weighted by atomic mass is 9.78. The molecule has 9 nitrogen and oxygen atoms in total. The zero-order chi connectivity index (χ0) is 30.0. The van der Waals surface area contributed by atoms with E-state index in [4.69, 9.17) is 0 Å². The molecule has 2 aromatic carbocycles. The van der Waals surface area contributed by atoms with E-state index in [9.17, 15) is 28.0 Å². The minimum atomic E-state index is -1.27. The Kier molecular flexibility index (Phi) is 6.43. The van der Waals surface area contributed by atoms with Gasteiger partial charge < -0.3 is 25.8 Å². The number of nitrogens with one attached hydrogen (secondary N) is 3. The normalized spacial score (nSPS) is 24.0. The van der Waals surface area contributed by atoms with Crippen molar-refractivity contribution in [2.45, 2.75) is 45.2 Å². The van der Waals surface area contributed by atoms with Crippen LogP contribution in [0.1, 0.15) is 43.5 Å². The largest absolute Gasteiger partial charge is 0.368 e. The average Bonchev–Trinajstić information content (AvgIpc) is 3.43. The zero-order valence-electron chi connectivity index (χ0n) is 23.5. The number of piperazine rings is 1. The molecular formula is C31H31F2N5O4. The van der Waals surface area contributed by atoms with E-state index in [-0.39, 0.29) is 23.9 Å². The van der Waals surface area contributed by atoms with E-state index >= 15 is 0 Å². The van der Waals surface area contributed by atoms with Crippen molar-refractivity contribution >= 4 is 29.3 Å². The summed E-state index contributed by atoms with van der Waals surface area (Å²) in [6, 6.07) is 7.49. The van der Waals surface area contributed by atoms with Crippen LogP contribution in [0.25, 0.3) is 0 Å². The molecule has 0 saturated carbocycles. The topological polar surface area (TPSA) is 111 Å². The Morgan fingerprint density at radius 2 is 1.76 bits per heavy atom. The van der Waals surface area contributed by atoms with Crippen LogP contribution in [0.3, 0.4) is 0 Å². The number of anilines is 1. The number of hydrogen-bond donors (Lipinski definition) is 3. The number of hydrogen-bond acceptors (Lipinski definition) is 5. The van der Waals surface area contributed by atoms with Gasteiger partial charge in [0.05, 0.1) is 11.5 Å². The Bertz CT molecular complexity index is 1600. The molecule has 6 rings (SSSR count). The second-order valence-electron chi connectivity index (χ2n) is 11.8. The smallest absolute Gasteiger partial charge is 0.249 e. The van der Waals surface area contributed by atoms with Gasteiger partial charge in [0.25, 0.3) is 0 Å². The summed E-state index contributed by atoms with van der Waals surface area (Å²) >= 11 is 0. The van der Waals surface area contributed by atoms with Crippen LogP contribution >= 0.6 is 0 Å². The molecule has 218 valence electrons. The molecule has 0 bridgehead atoms. The predicted molar refractivity (Wildman–Crippen MR) is 150 cm³/mol. The molecule has 42 heavy (non-hydrogen) atoms. The fourth-order valence-electron chi connectivity index (χ4n) is 6.71. The Morgan fingerprint density at radius 3 is 2.48 bits per heavy atom. The summed E-state index contributed by atoms with van der Waals surface area (Å²) in [5.41, 5.74) is 1.57. The number of benzene rings is 2. The van der Waals surface area contributed by atoms with Crippen LogP contribution in [-0.4, -0.2) is 58.6 Å². The van der Waals surface area contributed by atoms with Gasteiger partial charge in [-0.1, -0.05) is 18.2 Å². The van der Waals surface area contributed by atoms with Crippen molar-refractivity contribution in [2.75, 3.05) is 25.0 Å². The summed E-state index contributed by atoms with van der Waals surface area (Å²) in [5.74, 6) is -2.35. The molecule has 0 radical (unpaired) electrons. The van der Waals surface area contributed by atoms with Crippen molar-refractivity contribution in [3.63, 3.8) is 0 Å². The molecular weight excluding hydrogens is 544 g/mol. The van der Waals surface area contributed by atoms with E-state index in [0.29, 0.717) is 25.1 Å². The van der Waals surface area contributed by atoms with Gasteiger partial charge >= 0.3 is 0 Å². The summed E-state index contributed by atoms with van der Waals surface area (Å²) < 4.78 is 28.3. The average molecular weight is 576 g/mol. The number of nitrogens with zero attached hydrogens (tertiary/aromatic N) is 2. The maximum atomic E-state index is 14.2. The summed E-state index contributed by atoms with van der Waals surface area (Å²) in [4.78, 5) is 55.1. The molecule has 3 aliphatic heterocycles. The number of halogens is 2. The minimum Gasteiger partial charge on any atom is -0.368 e. The number of rotatable bonds is 4. The fourth-order valence-corrected chi connectivity index (χ4v) is 6.71. The van der Waals surface area contributed by atoms with Gasteiger partial charge in [-0.15, -0.1) is 0 Å². The Morgan fingerprint density at radius 1 is 1.05 bits per heavy atom. The second kappa shape index (κ2) is 9.78. The fraction of sp³-hybridized carbons (Fsp3) is 0.355. The van der Waals surface area contributed by atoms with Gasteiger partial charge in [0.2, 0.25) is 23.6 Å². The predicted octanol–water partition coefficient (Wildman–Crippen LogP) is 2.70. The van der Waals surface area contributed by atoms with Gasteiger partial charge in [-0.25, -0.2) is 8.78 Å². The molecule has 2 aromatic rings. The van der Waals surface area contributed by atoms with Gasteiger partial charge in [-0.3, -0.25) is 19.2 Å². The van der Waals surface area contributed by atoms with Crippen LogP contribution in [0.15, 0.2) is 59.9 Å². The SMILES string of the molecule is CC(=O)N1C[C@@H](c2cc(F)cc(F)c2)N(CC(=O)Nc2ccc3c(c2)C[C@@]2(C3)C(=O)NC3=C2C=CCN3)C(=O)C1(C)C. The van der Waals surface area contributed by atoms with Gasteiger partial charge in [-0.2, -0.15) is 0 Å². The van der Waals surface area contributed by atoms with Gasteiger partial charge in [0.15, 0.2) is 0 Å². The molecule has 4 amide bonds. The van der Waals surface area contributed by atoms with E-state index in [0.717, 1.165) is 40.7 Å². The van der Waals surface area contributed by atoms with Crippen molar-refractivity contribution in [3.8, 4) is 0 Å². The molecule has 1 aliphatic carbocycles. The first kappa shape index (κ1) is 27.6. The quantitative estimate of drug-likeness (QED) is 0.520. The van der Waals surface area contributed by atoms with E-state index in [1.807, 2.05) is 24.3 Å². The van der Waals surface area contributed by atoms with Crippen LogP contribution in [0.4, 0.5) is 14.5 Å². The Balaban J connectivity index is 1.24. The lowest BCUT2D eigenvalue weighted by Gasteiger charge is -2.49. The molecule has 3 heterocycles. The van der Waals surface area contributed by atoms with Crippen molar-refractivity contribution in [1.29, 1.82) is 0 Å². The summed E-state index contributed by atoms with van der Waals surface area (Å²) in [7, 11) is 0. The third kappa shape index (κ3) is 4.43. The van der Waals surface area contributed by atoms with Crippen LogP contribution in [0.5, 0.6) is 0 Å². The van der Waals surface area contributed by atoms with E-state index in [1.165, 1.54) is 16.7 Å². The number of dihydropyridines is 1. The monoisotopic (exact) mass is 575 g/mol. The van der Waals surface area contributed by atoms with E-state index < -0.39 is 47.0 Å². The Hall–Kier alpha value is -4.54. The zero-order valence-corrected chi connectivity index (χ0v) is 23.5. The molecule has 11 heteroatoms. The lowest BCUT2D eigenvalue weighted by Crippen LogP contribution is -2.65. The molecule has 0 aromatic heterocycles. The number of fused-ring (bicyclic) bond motifs is 2. The number of carbonyl (C=O) groups is 4. The standard InChI is InChI=1S/C31H31F2N5O4/c1-17(39)38-15-25(19-9-21(32)12-22(33)10-19)37(29(42)30(38,2)3)16-26(40)35-23-7-6-18-13-31(14-20(18)11-23)24-5-4-8-34-27(24)36-28(31)41/h4-7,9-12,25,34H,8,13-16H2,1-3H3,(H,35,40)(H,36,41)/t25-,31+/m0/s1. The number of amides is 4. The van der Waals surface area contributed by atoms with E-state index in [1.54, 1.807) is 19.9 Å². The first-order valence-electron chi connectivity index (χ1n) is 13.8. The van der Waals surface area contributed by atoms with Crippen molar-refractivity contribution in [2.24, 2.45) is 5.41 Å². The van der Waals surface area contributed by atoms with Crippen molar-refractivity contribution < 1.29 is 28.0 Å². The van der Waals surface area contributed by atoms with Gasteiger partial charge in [0.1, 0.15) is 29.5 Å². The summed E-state index contributed by atoms with van der Waals surface area (Å²) in [6.45, 7) is 4.71. The first-order chi connectivity index (χ1) is 19.9. The van der Waals surface area contributed by atoms with Gasteiger partial charge in [-0.05, 0) is 67.6 Å². The Labute approximate surface area is 241 Å². The lowest BCUT2D eigenvalue weighted by molar-refractivity contribution is -0.163. The highest BCUT2D eigenvalue weighted by atomic mass is 19.1. The van der Waals surface area contributed by atoms with Gasteiger partial charge in [0, 0.05) is 37.3 Å². The van der Waals surface area contributed by atoms with Crippen LogP contribution < -0.4 is 16.0 Å². The maximum Gasteiger partial charge on any atom is 0.249 e. The third-order valence-electron chi connectivity index (χ3n) is 8.77. The molecule has 4 aliphatic rings. The van der Waals surface area contributed by atoms with Crippen molar-refractivity contribution in [3.05, 3.63) is 88.3 Å². The second-order valence-corrected chi connectivity index (χ2v) is 11.8. The highest BCUT2D eigenvalue weighted by Gasteiger charge is 2.52. The molecule has 1 fully saturated rings. The van der Waals surface area contributed by atoms with Crippen LogP contribution in [0, 0.1) is 17.0 Å². The summed E-state index contributed by atoms with van der Waals surface area (Å²) in [5, 5.41) is 9.02. The first-order valence-corrected chi connectivity index (χ1v) is 13.8.